The molecule has 2 rings (SSSR count). The van der Waals surface area contributed by atoms with E-state index in [-0.39, 0.29) is 12.1 Å². The van der Waals surface area contributed by atoms with Gasteiger partial charge >= 0.3 is 0 Å². The van der Waals surface area contributed by atoms with Crippen LogP contribution in [-0.2, 0) is 0 Å². The van der Waals surface area contributed by atoms with Gasteiger partial charge in [-0.3, -0.25) is 0 Å². The third kappa shape index (κ3) is 3.44. The minimum absolute atomic E-state index is 0.116. The van der Waals surface area contributed by atoms with Gasteiger partial charge in [-0.2, -0.15) is 0 Å². The average Bonchev–Trinajstić information content (AvgIpc) is 2.81. The van der Waals surface area contributed by atoms with Crippen LogP contribution < -0.4 is 10.1 Å². The van der Waals surface area contributed by atoms with Crippen LogP contribution in [-0.4, -0.2) is 30.4 Å². The minimum Gasteiger partial charge on any atom is -0.494 e. The summed E-state index contributed by atoms with van der Waals surface area (Å²) in [7, 11) is 0. The summed E-state index contributed by atoms with van der Waals surface area (Å²) in [5.74, 6) is 0.874. The maximum atomic E-state index is 9.43. The van der Waals surface area contributed by atoms with E-state index in [1.54, 1.807) is 0 Å². The number of ether oxygens (including phenoxy) is 1. The van der Waals surface area contributed by atoms with E-state index in [0.717, 1.165) is 36.0 Å². The van der Waals surface area contributed by atoms with E-state index >= 15 is 0 Å². The molecule has 0 spiro atoms. The highest BCUT2D eigenvalue weighted by Gasteiger charge is 2.32. The molecule has 0 aromatic heterocycles. The first kappa shape index (κ1) is 12.9. The Bertz CT molecular complexity index is 347. The monoisotopic (exact) mass is 299 g/mol. The summed E-state index contributed by atoms with van der Waals surface area (Å²) in [4.78, 5) is 0. The van der Waals surface area contributed by atoms with Crippen LogP contribution in [0.2, 0.25) is 0 Å². The van der Waals surface area contributed by atoms with Gasteiger partial charge in [-0.1, -0.05) is 15.9 Å². The Morgan fingerprint density at radius 1 is 1.35 bits per heavy atom. The maximum Gasteiger partial charge on any atom is 0.119 e. The number of hydrogen-bond acceptors (Lipinski definition) is 3. The van der Waals surface area contributed by atoms with Crippen molar-refractivity contribution in [2.45, 2.75) is 24.8 Å². The van der Waals surface area contributed by atoms with Crippen LogP contribution in [0.4, 0.5) is 0 Å². The van der Waals surface area contributed by atoms with Crippen molar-refractivity contribution in [3.63, 3.8) is 0 Å². The van der Waals surface area contributed by atoms with Gasteiger partial charge in [0.15, 0.2) is 0 Å². The first-order valence-electron chi connectivity index (χ1n) is 5.98. The van der Waals surface area contributed by atoms with E-state index in [4.69, 9.17) is 4.74 Å². The summed E-state index contributed by atoms with van der Waals surface area (Å²) in [5.41, 5.74) is -0.116. The first-order valence-corrected chi connectivity index (χ1v) is 6.78. The van der Waals surface area contributed by atoms with Gasteiger partial charge in [0, 0.05) is 16.4 Å². The molecule has 0 radical (unpaired) electrons. The largest absolute Gasteiger partial charge is 0.494 e. The zero-order valence-electron chi connectivity index (χ0n) is 9.79. The lowest BCUT2D eigenvalue weighted by Crippen LogP contribution is -2.44. The van der Waals surface area contributed by atoms with Crippen LogP contribution in [0.3, 0.4) is 0 Å². The van der Waals surface area contributed by atoms with Crippen molar-refractivity contribution < 1.29 is 9.84 Å². The summed E-state index contributed by atoms with van der Waals surface area (Å²) in [6, 6.07) is 7.81. The molecule has 94 valence electrons. The zero-order valence-corrected chi connectivity index (χ0v) is 11.4. The van der Waals surface area contributed by atoms with Crippen molar-refractivity contribution in [1.82, 2.24) is 5.32 Å². The number of benzene rings is 1. The highest BCUT2D eigenvalue weighted by molar-refractivity contribution is 9.10. The highest BCUT2D eigenvalue weighted by atomic mass is 79.9. The fourth-order valence-corrected chi connectivity index (χ4v) is 2.46. The Hall–Kier alpha value is -0.580. The van der Waals surface area contributed by atoms with E-state index in [9.17, 15) is 5.11 Å². The van der Waals surface area contributed by atoms with Gasteiger partial charge in [0.25, 0.3) is 0 Å². The maximum absolute atomic E-state index is 9.43. The second-order valence-electron chi connectivity index (χ2n) is 4.52. The third-order valence-electron chi connectivity index (χ3n) is 3.30. The standard InChI is InChI=1S/C13H18BrNO2/c14-11-2-4-12(5-3-11)17-9-7-13(10-16)6-1-8-15-13/h2-5,15-16H,1,6-10H2. The normalized spacial score (nSPS) is 23.9. The lowest BCUT2D eigenvalue weighted by Gasteiger charge is -2.26. The molecular weight excluding hydrogens is 282 g/mol. The molecule has 17 heavy (non-hydrogen) atoms. The summed E-state index contributed by atoms with van der Waals surface area (Å²) in [5, 5.41) is 12.8. The minimum atomic E-state index is -0.116. The van der Waals surface area contributed by atoms with Crippen molar-refractivity contribution in [1.29, 1.82) is 0 Å². The molecule has 0 bridgehead atoms. The van der Waals surface area contributed by atoms with E-state index in [1.165, 1.54) is 0 Å². The SMILES string of the molecule is OCC1(CCOc2ccc(Br)cc2)CCCN1. The van der Waals surface area contributed by atoms with Gasteiger partial charge in [0.2, 0.25) is 0 Å². The Labute approximate surface area is 110 Å². The molecule has 1 unspecified atom stereocenters. The smallest absolute Gasteiger partial charge is 0.119 e. The van der Waals surface area contributed by atoms with E-state index in [0.29, 0.717) is 6.61 Å². The van der Waals surface area contributed by atoms with Crippen molar-refractivity contribution in [2.24, 2.45) is 0 Å². The quantitative estimate of drug-likeness (QED) is 0.877. The van der Waals surface area contributed by atoms with E-state index in [2.05, 4.69) is 21.2 Å². The molecule has 1 aromatic carbocycles. The van der Waals surface area contributed by atoms with E-state index in [1.807, 2.05) is 24.3 Å². The molecule has 1 fully saturated rings. The molecule has 3 nitrogen and oxygen atoms in total. The number of aliphatic hydroxyl groups is 1. The molecule has 0 saturated carbocycles. The Morgan fingerprint density at radius 3 is 2.71 bits per heavy atom. The van der Waals surface area contributed by atoms with Crippen LogP contribution in [0.5, 0.6) is 5.75 Å². The lowest BCUT2D eigenvalue weighted by atomic mass is 9.95. The molecule has 1 aliphatic heterocycles. The fraction of sp³-hybridized carbons (Fsp3) is 0.538. The second-order valence-corrected chi connectivity index (χ2v) is 5.44. The van der Waals surface area contributed by atoms with Crippen molar-refractivity contribution in [2.75, 3.05) is 19.8 Å². The molecule has 1 atom stereocenters. The summed E-state index contributed by atoms with van der Waals surface area (Å²) in [6.45, 7) is 1.82. The number of aliphatic hydroxyl groups excluding tert-OH is 1. The van der Waals surface area contributed by atoms with Crippen molar-refractivity contribution in [3.05, 3.63) is 28.7 Å². The highest BCUT2D eigenvalue weighted by Crippen LogP contribution is 2.23. The fourth-order valence-electron chi connectivity index (χ4n) is 2.19. The summed E-state index contributed by atoms with van der Waals surface area (Å²) >= 11 is 3.39. The van der Waals surface area contributed by atoms with Crippen LogP contribution >= 0.6 is 15.9 Å². The topological polar surface area (TPSA) is 41.5 Å². The van der Waals surface area contributed by atoms with Crippen LogP contribution in [0, 0.1) is 0 Å². The van der Waals surface area contributed by atoms with Gasteiger partial charge < -0.3 is 15.2 Å². The van der Waals surface area contributed by atoms with Crippen molar-refractivity contribution in [3.8, 4) is 5.75 Å². The van der Waals surface area contributed by atoms with Gasteiger partial charge in [0.05, 0.1) is 13.2 Å². The van der Waals surface area contributed by atoms with Gasteiger partial charge in [-0.05, 0) is 43.7 Å². The predicted octanol–water partition coefficient (Wildman–Crippen LogP) is 2.33. The van der Waals surface area contributed by atoms with Crippen LogP contribution in [0.15, 0.2) is 28.7 Å². The summed E-state index contributed by atoms with van der Waals surface area (Å²) in [6.07, 6.45) is 3.02. The summed E-state index contributed by atoms with van der Waals surface area (Å²) < 4.78 is 6.73. The molecule has 1 heterocycles. The number of hydrogen-bond donors (Lipinski definition) is 2. The number of rotatable bonds is 5. The first-order chi connectivity index (χ1) is 8.24. The number of halogens is 1. The van der Waals surface area contributed by atoms with Gasteiger partial charge in [-0.15, -0.1) is 0 Å². The molecular formula is C13H18BrNO2. The van der Waals surface area contributed by atoms with Crippen molar-refractivity contribution >= 4 is 15.9 Å². The molecule has 4 heteroatoms. The molecule has 2 N–H and O–H groups in total. The second kappa shape index (κ2) is 5.85. The molecule has 0 amide bonds. The van der Waals surface area contributed by atoms with Crippen LogP contribution in [0.25, 0.3) is 0 Å². The van der Waals surface area contributed by atoms with Gasteiger partial charge in [-0.25, -0.2) is 0 Å². The third-order valence-corrected chi connectivity index (χ3v) is 3.83. The van der Waals surface area contributed by atoms with E-state index < -0.39 is 0 Å². The number of nitrogens with one attached hydrogen (secondary N) is 1. The molecule has 1 saturated heterocycles. The Morgan fingerprint density at radius 2 is 2.12 bits per heavy atom. The Balaban J connectivity index is 1.80. The molecule has 1 aliphatic rings. The lowest BCUT2D eigenvalue weighted by molar-refractivity contribution is 0.146. The van der Waals surface area contributed by atoms with Crippen LogP contribution in [0.1, 0.15) is 19.3 Å². The van der Waals surface area contributed by atoms with Gasteiger partial charge in [0.1, 0.15) is 5.75 Å². The molecule has 1 aromatic rings. The Kier molecular flexibility index (Phi) is 4.42. The molecule has 0 aliphatic carbocycles. The zero-order chi connectivity index (χ0) is 12.1. The predicted molar refractivity (Wildman–Crippen MR) is 71.3 cm³/mol. The average molecular weight is 300 g/mol.